The zero-order valence-electron chi connectivity index (χ0n) is 15.1. The Hall–Kier alpha value is -3.58. The molecule has 0 aliphatic carbocycles. The van der Waals surface area contributed by atoms with Crippen LogP contribution in [0.2, 0.25) is 0 Å². The molecule has 3 aromatic rings. The van der Waals surface area contributed by atoms with E-state index >= 15 is 0 Å². The van der Waals surface area contributed by atoms with Crippen LogP contribution in [0.3, 0.4) is 0 Å². The summed E-state index contributed by atoms with van der Waals surface area (Å²) in [7, 11) is 0. The molecule has 1 aliphatic rings. The maximum Gasteiger partial charge on any atom is 0.335 e. The number of hydrogen-bond donors (Lipinski definition) is 1. The average molecular weight is 405 g/mol. The van der Waals surface area contributed by atoms with Crippen LogP contribution < -0.4 is 0 Å². The number of carbonyl (C=O) groups excluding carboxylic acids is 2. The van der Waals surface area contributed by atoms with Crippen LogP contribution in [-0.4, -0.2) is 27.1 Å². The molecule has 2 amide bonds. The van der Waals surface area contributed by atoms with Crippen LogP contribution in [-0.2, 0) is 11.3 Å². The van der Waals surface area contributed by atoms with Gasteiger partial charge in [0.1, 0.15) is 11.5 Å². The van der Waals surface area contributed by atoms with Crippen LogP contribution in [0.4, 0.5) is 4.79 Å². The Balaban J connectivity index is 1.52. The summed E-state index contributed by atoms with van der Waals surface area (Å²) in [6, 6.07) is 19.0. The number of benzene rings is 2. The van der Waals surface area contributed by atoms with Crippen molar-refractivity contribution < 1.29 is 23.9 Å². The van der Waals surface area contributed by atoms with Crippen molar-refractivity contribution >= 4 is 35.0 Å². The number of nitrogens with zero attached hydrogens (tertiary/aromatic N) is 1. The maximum absolute atomic E-state index is 12.6. The number of amides is 2. The van der Waals surface area contributed by atoms with Crippen molar-refractivity contribution in [1.82, 2.24) is 4.90 Å². The summed E-state index contributed by atoms with van der Waals surface area (Å²) in [6.45, 7) is 0.224. The lowest BCUT2D eigenvalue weighted by Gasteiger charge is -2.11. The standard InChI is InChI=1S/C22H15NO5S/c24-20-19(29-22(27)23(20)13-14-4-2-1-3-5-14)12-17-10-11-18(28-17)15-6-8-16(9-7-15)21(25)26/h1-12H,13H2,(H,25,26)/b19-12+. The van der Waals surface area contributed by atoms with E-state index in [4.69, 9.17) is 9.52 Å². The van der Waals surface area contributed by atoms with Gasteiger partial charge in [0, 0.05) is 11.6 Å². The molecule has 1 aromatic heterocycles. The lowest BCUT2D eigenvalue weighted by molar-refractivity contribution is -0.123. The normalized spacial score (nSPS) is 15.3. The second kappa shape index (κ2) is 7.81. The van der Waals surface area contributed by atoms with Crippen molar-refractivity contribution in [3.8, 4) is 11.3 Å². The fourth-order valence-electron chi connectivity index (χ4n) is 2.89. The molecule has 0 bridgehead atoms. The van der Waals surface area contributed by atoms with Crippen LogP contribution in [0.5, 0.6) is 0 Å². The molecule has 4 rings (SSSR count). The number of aromatic carboxylic acids is 1. The fourth-order valence-corrected chi connectivity index (χ4v) is 3.71. The van der Waals surface area contributed by atoms with E-state index in [0.29, 0.717) is 22.0 Å². The Labute approximate surface area is 170 Å². The third-order valence-electron chi connectivity index (χ3n) is 4.37. The van der Waals surface area contributed by atoms with Gasteiger partial charge in [0.2, 0.25) is 0 Å². The maximum atomic E-state index is 12.6. The molecule has 1 aliphatic heterocycles. The Morgan fingerprint density at radius 2 is 1.72 bits per heavy atom. The molecule has 0 atom stereocenters. The van der Waals surface area contributed by atoms with Crippen LogP contribution >= 0.6 is 11.8 Å². The first-order chi connectivity index (χ1) is 14.0. The highest BCUT2D eigenvalue weighted by Crippen LogP contribution is 2.34. The number of carbonyl (C=O) groups is 3. The number of carboxylic acids is 1. The van der Waals surface area contributed by atoms with Gasteiger partial charge in [0.15, 0.2) is 0 Å². The van der Waals surface area contributed by atoms with E-state index in [9.17, 15) is 14.4 Å². The Morgan fingerprint density at radius 1 is 1.00 bits per heavy atom. The van der Waals surface area contributed by atoms with Gasteiger partial charge in [-0.05, 0) is 41.6 Å². The minimum absolute atomic E-state index is 0.188. The molecule has 2 heterocycles. The highest BCUT2D eigenvalue weighted by molar-refractivity contribution is 8.18. The summed E-state index contributed by atoms with van der Waals surface area (Å²) >= 11 is 0.879. The van der Waals surface area contributed by atoms with Crippen LogP contribution in [0.15, 0.2) is 76.1 Å². The minimum atomic E-state index is -0.997. The Bertz CT molecular complexity index is 1120. The number of furan rings is 1. The van der Waals surface area contributed by atoms with Gasteiger partial charge in [-0.1, -0.05) is 42.5 Å². The molecule has 1 fully saturated rings. The Morgan fingerprint density at radius 3 is 2.41 bits per heavy atom. The molecule has 7 heteroatoms. The lowest BCUT2D eigenvalue weighted by atomic mass is 10.1. The van der Waals surface area contributed by atoms with Crippen molar-refractivity contribution in [1.29, 1.82) is 0 Å². The van der Waals surface area contributed by atoms with Crippen molar-refractivity contribution in [3.63, 3.8) is 0 Å². The number of rotatable bonds is 5. The summed E-state index contributed by atoms with van der Waals surface area (Å²) in [6.07, 6.45) is 1.55. The van der Waals surface area contributed by atoms with Gasteiger partial charge in [-0.15, -0.1) is 0 Å². The number of hydrogen-bond acceptors (Lipinski definition) is 5. The van der Waals surface area contributed by atoms with Gasteiger partial charge in [-0.3, -0.25) is 14.5 Å². The van der Waals surface area contributed by atoms with Gasteiger partial charge in [0.05, 0.1) is 17.0 Å². The number of thioether (sulfide) groups is 1. The molecule has 1 N–H and O–H groups in total. The third kappa shape index (κ3) is 4.00. The molecule has 0 radical (unpaired) electrons. The molecule has 6 nitrogen and oxygen atoms in total. The SMILES string of the molecule is O=C(O)c1ccc(-c2ccc(/C=C3/SC(=O)N(Cc4ccccc4)C3=O)o2)cc1. The smallest absolute Gasteiger partial charge is 0.335 e. The van der Waals surface area contributed by atoms with E-state index in [1.807, 2.05) is 30.3 Å². The predicted molar refractivity (Wildman–Crippen MR) is 109 cm³/mol. The van der Waals surface area contributed by atoms with E-state index in [1.165, 1.54) is 17.0 Å². The highest BCUT2D eigenvalue weighted by Gasteiger charge is 2.35. The van der Waals surface area contributed by atoms with Crippen LogP contribution in [0.1, 0.15) is 21.7 Å². The van der Waals surface area contributed by atoms with Crippen molar-refractivity contribution in [2.24, 2.45) is 0 Å². The molecular weight excluding hydrogens is 390 g/mol. The largest absolute Gasteiger partial charge is 0.478 e. The van der Waals surface area contributed by atoms with Gasteiger partial charge < -0.3 is 9.52 Å². The first-order valence-electron chi connectivity index (χ1n) is 8.74. The van der Waals surface area contributed by atoms with E-state index in [-0.39, 0.29) is 23.3 Å². The topological polar surface area (TPSA) is 87.8 Å². The van der Waals surface area contributed by atoms with Crippen LogP contribution in [0, 0.1) is 0 Å². The fraction of sp³-hybridized carbons (Fsp3) is 0.0455. The summed E-state index contributed by atoms with van der Waals surface area (Å²) in [5.74, 6) is -0.375. The van der Waals surface area contributed by atoms with Gasteiger partial charge in [-0.2, -0.15) is 0 Å². The summed E-state index contributed by atoms with van der Waals surface area (Å²) in [5.41, 5.74) is 1.78. The molecule has 0 saturated carbocycles. The molecule has 0 spiro atoms. The van der Waals surface area contributed by atoms with Gasteiger partial charge >= 0.3 is 5.97 Å². The predicted octanol–water partition coefficient (Wildman–Crippen LogP) is 4.88. The summed E-state index contributed by atoms with van der Waals surface area (Å²) < 4.78 is 5.75. The van der Waals surface area contributed by atoms with Gasteiger partial charge in [-0.25, -0.2) is 4.79 Å². The second-order valence-corrected chi connectivity index (χ2v) is 7.33. The number of imide groups is 1. The van der Waals surface area contributed by atoms with Crippen molar-refractivity contribution in [2.75, 3.05) is 0 Å². The van der Waals surface area contributed by atoms with E-state index < -0.39 is 5.97 Å². The highest BCUT2D eigenvalue weighted by atomic mass is 32.2. The first kappa shape index (κ1) is 18.8. The second-order valence-electron chi connectivity index (χ2n) is 6.34. The quantitative estimate of drug-likeness (QED) is 0.609. The lowest BCUT2D eigenvalue weighted by Crippen LogP contribution is -2.27. The zero-order valence-corrected chi connectivity index (χ0v) is 15.9. The van der Waals surface area contributed by atoms with E-state index in [1.54, 1.807) is 30.3 Å². The number of carboxylic acid groups (broad SMARTS) is 1. The Kier molecular flexibility index (Phi) is 5.05. The minimum Gasteiger partial charge on any atom is -0.478 e. The molecule has 0 unspecified atom stereocenters. The molecule has 2 aromatic carbocycles. The monoisotopic (exact) mass is 405 g/mol. The van der Waals surface area contributed by atoms with E-state index in [0.717, 1.165) is 17.3 Å². The molecular formula is C22H15NO5S. The van der Waals surface area contributed by atoms with E-state index in [2.05, 4.69) is 0 Å². The molecule has 144 valence electrons. The average Bonchev–Trinajstić information content (AvgIpc) is 3.29. The molecule has 1 saturated heterocycles. The summed E-state index contributed by atoms with van der Waals surface area (Å²) in [4.78, 5) is 37.3. The van der Waals surface area contributed by atoms with Gasteiger partial charge in [0.25, 0.3) is 11.1 Å². The first-order valence-corrected chi connectivity index (χ1v) is 9.56. The molecule has 29 heavy (non-hydrogen) atoms. The zero-order chi connectivity index (χ0) is 20.4. The summed E-state index contributed by atoms with van der Waals surface area (Å²) in [5, 5.41) is 8.66. The third-order valence-corrected chi connectivity index (χ3v) is 5.28. The van der Waals surface area contributed by atoms with Crippen LogP contribution in [0.25, 0.3) is 17.4 Å². The van der Waals surface area contributed by atoms with Crippen molar-refractivity contribution in [3.05, 3.63) is 88.5 Å². The van der Waals surface area contributed by atoms with Crippen molar-refractivity contribution in [2.45, 2.75) is 6.54 Å².